The van der Waals surface area contributed by atoms with Crippen molar-refractivity contribution >= 4 is 32.7 Å². The minimum absolute atomic E-state index is 0.0883. The van der Waals surface area contributed by atoms with E-state index in [0.29, 0.717) is 35.6 Å². The van der Waals surface area contributed by atoms with Crippen LogP contribution in [0.15, 0.2) is 58.1 Å². The number of carbonyl (C=O) groups excluding carboxylic acids is 1. The molecule has 8 heteroatoms. The SMILES string of the molecule is CN(C[C@@H]1COc2ccccc2O1)C(=O)Cn1cnc2ccc(Br)cc2c1=O. The largest absolute Gasteiger partial charge is 0.486 e. The van der Waals surface area contributed by atoms with Crippen LogP contribution in [0.1, 0.15) is 0 Å². The molecule has 0 N–H and O–H groups in total. The molecule has 0 fully saturated rings. The highest BCUT2D eigenvalue weighted by Crippen LogP contribution is 2.30. The summed E-state index contributed by atoms with van der Waals surface area (Å²) in [6, 6.07) is 12.7. The second-order valence-electron chi connectivity index (χ2n) is 6.61. The molecule has 1 aromatic heterocycles. The highest BCUT2D eigenvalue weighted by atomic mass is 79.9. The van der Waals surface area contributed by atoms with E-state index in [1.807, 2.05) is 30.3 Å². The average molecular weight is 444 g/mol. The number of hydrogen-bond acceptors (Lipinski definition) is 5. The maximum Gasteiger partial charge on any atom is 0.261 e. The first-order chi connectivity index (χ1) is 13.5. The van der Waals surface area contributed by atoms with Crippen molar-refractivity contribution in [3.8, 4) is 11.5 Å². The van der Waals surface area contributed by atoms with Crippen molar-refractivity contribution in [3.63, 3.8) is 0 Å². The van der Waals surface area contributed by atoms with Gasteiger partial charge in [-0.3, -0.25) is 14.2 Å². The van der Waals surface area contributed by atoms with Gasteiger partial charge in [-0.25, -0.2) is 4.98 Å². The Morgan fingerprint density at radius 1 is 1.29 bits per heavy atom. The van der Waals surface area contributed by atoms with Crippen molar-refractivity contribution < 1.29 is 14.3 Å². The molecule has 7 nitrogen and oxygen atoms in total. The smallest absolute Gasteiger partial charge is 0.261 e. The molecule has 1 aliphatic rings. The number of ether oxygens (including phenoxy) is 2. The van der Waals surface area contributed by atoms with Crippen LogP contribution in [-0.4, -0.2) is 46.7 Å². The fraction of sp³-hybridized carbons (Fsp3) is 0.250. The summed E-state index contributed by atoms with van der Waals surface area (Å²) in [4.78, 5) is 31.1. The van der Waals surface area contributed by atoms with Crippen LogP contribution in [0.5, 0.6) is 11.5 Å². The highest BCUT2D eigenvalue weighted by Gasteiger charge is 2.24. The maximum absolute atomic E-state index is 12.7. The van der Waals surface area contributed by atoms with E-state index in [-0.39, 0.29) is 24.1 Å². The van der Waals surface area contributed by atoms with Crippen molar-refractivity contribution in [3.05, 3.63) is 63.6 Å². The Hall–Kier alpha value is -2.87. The van der Waals surface area contributed by atoms with Crippen molar-refractivity contribution in [2.75, 3.05) is 20.2 Å². The number of nitrogens with zero attached hydrogens (tertiary/aromatic N) is 3. The molecule has 28 heavy (non-hydrogen) atoms. The van der Waals surface area contributed by atoms with E-state index in [0.717, 1.165) is 4.47 Å². The number of fused-ring (bicyclic) bond motifs is 2. The van der Waals surface area contributed by atoms with Crippen molar-refractivity contribution in [2.45, 2.75) is 12.6 Å². The van der Waals surface area contributed by atoms with E-state index in [4.69, 9.17) is 9.47 Å². The summed E-state index contributed by atoms with van der Waals surface area (Å²) in [7, 11) is 1.68. The molecular weight excluding hydrogens is 426 g/mol. The fourth-order valence-electron chi connectivity index (χ4n) is 3.07. The Morgan fingerprint density at radius 3 is 2.89 bits per heavy atom. The van der Waals surface area contributed by atoms with E-state index in [9.17, 15) is 9.59 Å². The fourth-order valence-corrected chi connectivity index (χ4v) is 3.43. The molecule has 144 valence electrons. The van der Waals surface area contributed by atoms with Crippen LogP contribution in [0.3, 0.4) is 0 Å². The van der Waals surface area contributed by atoms with Gasteiger partial charge in [0.25, 0.3) is 5.56 Å². The predicted molar refractivity (Wildman–Crippen MR) is 108 cm³/mol. The van der Waals surface area contributed by atoms with Gasteiger partial charge in [-0.1, -0.05) is 28.1 Å². The summed E-state index contributed by atoms with van der Waals surface area (Å²) in [6.45, 7) is 0.629. The molecule has 4 rings (SSSR count). The molecule has 0 saturated heterocycles. The third-order valence-electron chi connectivity index (χ3n) is 4.56. The summed E-state index contributed by atoms with van der Waals surface area (Å²) < 4.78 is 13.7. The Bertz CT molecular complexity index is 1100. The van der Waals surface area contributed by atoms with Gasteiger partial charge in [-0.2, -0.15) is 0 Å². The molecule has 0 radical (unpaired) electrons. The number of carbonyl (C=O) groups is 1. The van der Waals surface area contributed by atoms with Crippen LogP contribution in [0.2, 0.25) is 0 Å². The van der Waals surface area contributed by atoms with Crippen LogP contribution in [-0.2, 0) is 11.3 Å². The normalized spacial score (nSPS) is 15.4. The molecule has 1 atom stereocenters. The molecule has 2 aromatic carbocycles. The van der Waals surface area contributed by atoms with E-state index in [1.54, 1.807) is 24.1 Å². The summed E-state index contributed by atoms with van der Waals surface area (Å²) in [6.07, 6.45) is 1.13. The molecule has 0 saturated carbocycles. The van der Waals surface area contributed by atoms with E-state index in [1.165, 1.54) is 10.9 Å². The molecule has 0 spiro atoms. The van der Waals surface area contributed by atoms with Crippen molar-refractivity contribution in [1.82, 2.24) is 14.5 Å². The first-order valence-electron chi connectivity index (χ1n) is 8.78. The first-order valence-corrected chi connectivity index (χ1v) is 9.58. The van der Waals surface area contributed by atoms with Gasteiger partial charge in [0.15, 0.2) is 17.6 Å². The zero-order valence-corrected chi connectivity index (χ0v) is 16.8. The van der Waals surface area contributed by atoms with Crippen LogP contribution >= 0.6 is 15.9 Å². The summed E-state index contributed by atoms with van der Waals surface area (Å²) >= 11 is 3.36. The Kier molecular flexibility index (Phi) is 5.04. The van der Waals surface area contributed by atoms with Gasteiger partial charge < -0.3 is 14.4 Å². The number of hydrogen-bond donors (Lipinski definition) is 0. The molecule has 3 aromatic rings. The second-order valence-corrected chi connectivity index (χ2v) is 7.53. The van der Waals surface area contributed by atoms with E-state index in [2.05, 4.69) is 20.9 Å². The van der Waals surface area contributed by atoms with E-state index >= 15 is 0 Å². The van der Waals surface area contributed by atoms with Gasteiger partial charge in [-0.05, 0) is 30.3 Å². The third kappa shape index (κ3) is 3.73. The number of likely N-dealkylation sites (N-methyl/N-ethyl adjacent to an activating group) is 1. The van der Waals surface area contributed by atoms with Crippen molar-refractivity contribution in [2.24, 2.45) is 0 Å². The molecule has 0 aliphatic carbocycles. The van der Waals surface area contributed by atoms with Gasteiger partial charge in [0, 0.05) is 11.5 Å². The zero-order valence-electron chi connectivity index (χ0n) is 15.2. The van der Waals surface area contributed by atoms with Gasteiger partial charge >= 0.3 is 0 Å². The predicted octanol–water partition coefficient (Wildman–Crippen LogP) is 2.46. The number of aromatic nitrogens is 2. The lowest BCUT2D eigenvalue weighted by atomic mass is 10.2. The van der Waals surface area contributed by atoms with Crippen molar-refractivity contribution in [1.29, 1.82) is 0 Å². The number of para-hydroxylation sites is 2. The molecule has 0 unspecified atom stereocenters. The topological polar surface area (TPSA) is 73.7 Å². The molecule has 1 amide bonds. The number of halogens is 1. The highest BCUT2D eigenvalue weighted by molar-refractivity contribution is 9.10. The van der Waals surface area contributed by atoms with Crippen LogP contribution < -0.4 is 15.0 Å². The van der Waals surface area contributed by atoms with Gasteiger partial charge in [0.2, 0.25) is 5.91 Å². The summed E-state index contributed by atoms with van der Waals surface area (Å²) in [5.74, 6) is 1.16. The zero-order chi connectivity index (χ0) is 19.7. The lowest BCUT2D eigenvalue weighted by Crippen LogP contribution is -2.43. The Labute approximate surface area is 169 Å². The van der Waals surface area contributed by atoms with Gasteiger partial charge in [-0.15, -0.1) is 0 Å². The average Bonchev–Trinajstić information content (AvgIpc) is 2.70. The number of amides is 1. The molecule has 1 aliphatic heterocycles. The standard InChI is InChI=1S/C20H18BrN3O4/c1-23(9-14-11-27-17-4-2-3-5-18(17)28-14)19(25)10-24-12-22-16-7-6-13(21)8-15(16)20(24)26/h2-8,12,14H,9-11H2,1H3/t14-/m1/s1. The maximum atomic E-state index is 12.7. The minimum atomic E-state index is -0.272. The molecule has 0 bridgehead atoms. The van der Waals surface area contributed by atoms with Crippen LogP contribution in [0, 0.1) is 0 Å². The Morgan fingerprint density at radius 2 is 2.07 bits per heavy atom. The second kappa shape index (κ2) is 7.63. The summed E-state index contributed by atoms with van der Waals surface area (Å²) in [5.41, 5.74) is 0.343. The minimum Gasteiger partial charge on any atom is -0.486 e. The molecule has 2 heterocycles. The lowest BCUT2D eigenvalue weighted by molar-refractivity contribution is -0.132. The van der Waals surface area contributed by atoms with Gasteiger partial charge in [0.05, 0.1) is 23.8 Å². The van der Waals surface area contributed by atoms with Crippen LogP contribution in [0.4, 0.5) is 0 Å². The lowest BCUT2D eigenvalue weighted by Gasteiger charge is -2.29. The monoisotopic (exact) mass is 443 g/mol. The summed E-state index contributed by atoms with van der Waals surface area (Å²) in [5, 5.41) is 0.466. The number of benzene rings is 2. The quantitative estimate of drug-likeness (QED) is 0.618. The molecular formula is C20H18BrN3O4. The van der Waals surface area contributed by atoms with Crippen LogP contribution in [0.25, 0.3) is 10.9 Å². The third-order valence-corrected chi connectivity index (χ3v) is 5.06. The first kappa shape index (κ1) is 18.5. The van der Waals surface area contributed by atoms with E-state index < -0.39 is 0 Å². The van der Waals surface area contributed by atoms with Gasteiger partial charge in [0.1, 0.15) is 13.2 Å². The number of rotatable bonds is 4. The Balaban J connectivity index is 1.44.